The molecule has 0 bridgehead atoms. The topological polar surface area (TPSA) is 102 Å². The number of hydrogen-bond acceptors (Lipinski definition) is 4. The first kappa shape index (κ1) is 17.3. The number of hydrogen-bond donors (Lipinski definition) is 2. The third kappa shape index (κ3) is 3.16. The summed E-state index contributed by atoms with van der Waals surface area (Å²) in [6.07, 6.45) is 4.09. The second-order valence-electron chi connectivity index (χ2n) is 6.98. The highest BCUT2D eigenvalue weighted by Crippen LogP contribution is 2.33. The Morgan fingerprint density at radius 3 is 2.52 bits per heavy atom. The highest BCUT2D eigenvalue weighted by molar-refractivity contribution is 6.09. The van der Waals surface area contributed by atoms with Crippen LogP contribution in [0.25, 0.3) is 0 Å². The highest BCUT2D eigenvalue weighted by Gasteiger charge is 2.51. The Morgan fingerprint density at radius 1 is 1.39 bits per heavy atom. The van der Waals surface area contributed by atoms with Gasteiger partial charge in [-0.1, -0.05) is 33.1 Å². The van der Waals surface area contributed by atoms with E-state index >= 15 is 0 Å². The Labute approximate surface area is 136 Å². The summed E-state index contributed by atoms with van der Waals surface area (Å²) in [6.45, 7) is 4.93. The van der Waals surface area contributed by atoms with Crippen LogP contribution in [-0.2, 0) is 9.59 Å². The largest absolute Gasteiger partial charge is 0.336 e. The van der Waals surface area contributed by atoms with Gasteiger partial charge in [-0.05, 0) is 25.7 Å². The van der Waals surface area contributed by atoms with Gasteiger partial charge in [-0.3, -0.25) is 14.5 Å². The van der Waals surface area contributed by atoms with Gasteiger partial charge in [-0.15, -0.1) is 0 Å². The monoisotopic (exact) mass is 320 g/mol. The van der Waals surface area contributed by atoms with Crippen molar-refractivity contribution in [3.05, 3.63) is 0 Å². The van der Waals surface area contributed by atoms with Crippen LogP contribution in [0.15, 0.2) is 0 Å². The fourth-order valence-electron chi connectivity index (χ4n) is 3.09. The van der Waals surface area contributed by atoms with Crippen LogP contribution in [0.5, 0.6) is 0 Å². The zero-order chi connectivity index (χ0) is 17.3. The number of nitriles is 1. The Hall–Kier alpha value is -2.10. The summed E-state index contributed by atoms with van der Waals surface area (Å²) in [6, 6.07) is 1.56. The Morgan fingerprint density at radius 2 is 2.00 bits per heavy atom. The van der Waals surface area contributed by atoms with Gasteiger partial charge in [-0.2, -0.15) is 5.26 Å². The summed E-state index contributed by atoms with van der Waals surface area (Å²) in [7, 11) is 0. The zero-order valence-corrected chi connectivity index (χ0v) is 13.9. The molecule has 2 N–H and O–H groups in total. The van der Waals surface area contributed by atoms with E-state index in [0.717, 1.165) is 24.2 Å². The van der Waals surface area contributed by atoms with E-state index in [1.807, 2.05) is 13.8 Å². The van der Waals surface area contributed by atoms with Gasteiger partial charge >= 0.3 is 6.03 Å². The Balaban J connectivity index is 2.05. The van der Waals surface area contributed by atoms with Gasteiger partial charge in [0.1, 0.15) is 17.6 Å². The molecule has 4 amide bonds. The lowest BCUT2D eigenvalue weighted by Crippen LogP contribution is -2.53. The second kappa shape index (κ2) is 6.19. The van der Waals surface area contributed by atoms with Gasteiger partial charge in [0.15, 0.2) is 0 Å². The zero-order valence-electron chi connectivity index (χ0n) is 13.9. The van der Waals surface area contributed by atoms with Crippen LogP contribution < -0.4 is 10.6 Å². The fourth-order valence-corrected chi connectivity index (χ4v) is 3.09. The van der Waals surface area contributed by atoms with Crippen molar-refractivity contribution in [1.82, 2.24) is 15.5 Å². The normalized spacial score (nSPS) is 22.7. The molecular weight excluding hydrogens is 296 g/mol. The quantitative estimate of drug-likeness (QED) is 0.762. The molecule has 0 radical (unpaired) electrons. The lowest BCUT2D eigenvalue weighted by atomic mass is 9.82. The van der Waals surface area contributed by atoms with Crippen molar-refractivity contribution in [3.8, 4) is 6.07 Å². The summed E-state index contributed by atoms with van der Waals surface area (Å²) in [5, 5.41) is 14.6. The summed E-state index contributed by atoms with van der Waals surface area (Å²) < 4.78 is 0. The molecule has 2 fully saturated rings. The molecule has 7 nitrogen and oxygen atoms in total. The predicted molar refractivity (Wildman–Crippen MR) is 83.1 cm³/mol. The molecule has 1 heterocycles. The lowest BCUT2D eigenvalue weighted by Gasteiger charge is -2.30. The maximum Gasteiger partial charge on any atom is 0.325 e. The third-order valence-electron chi connectivity index (χ3n) is 5.04. The maximum absolute atomic E-state index is 12.6. The van der Waals surface area contributed by atoms with Crippen LogP contribution in [-0.4, -0.2) is 40.4 Å². The first-order chi connectivity index (χ1) is 10.7. The van der Waals surface area contributed by atoms with Crippen molar-refractivity contribution < 1.29 is 14.4 Å². The molecule has 2 aliphatic rings. The SMILES string of the molecule is CC(C)[C@@](C)(C#N)NC(=O)CN1C(=O)NC2(CCCCC2)C1=O. The summed E-state index contributed by atoms with van der Waals surface area (Å²) in [5.41, 5.74) is -1.86. The first-order valence-electron chi connectivity index (χ1n) is 8.10. The van der Waals surface area contributed by atoms with Crippen molar-refractivity contribution in [2.75, 3.05) is 6.54 Å². The number of imide groups is 1. The average molecular weight is 320 g/mol. The molecule has 0 aromatic heterocycles. The molecule has 1 aliphatic heterocycles. The predicted octanol–water partition coefficient (Wildman–Crippen LogP) is 1.30. The first-order valence-corrected chi connectivity index (χ1v) is 8.10. The number of amides is 4. The van der Waals surface area contributed by atoms with E-state index in [1.165, 1.54) is 0 Å². The number of carbonyl (C=O) groups is 3. The fraction of sp³-hybridized carbons (Fsp3) is 0.750. The Bertz CT molecular complexity index is 560. The molecule has 0 aromatic carbocycles. The average Bonchev–Trinajstić information content (AvgIpc) is 2.72. The van der Waals surface area contributed by atoms with Crippen LogP contribution in [0.3, 0.4) is 0 Å². The van der Waals surface area contributed by atoms with Crippen LogP contribution in [0.1, 0.15) is 52.9 Å². The van der Waals surface area contributed by atoms with Crippen LogP contribution in [0, 0.1) is 17.2 Å². The third-order valence-corrected chi connectivity index (χ3v) is 5.04. The van der Waals surface area contributed by atoms with Gasteiger partial charge in [0.25, 0.3) is 5.91 Å². The van der Waals surface area contributed by atoms with E-state index in [9.17, 15) is 19.6 Å². The van der Waals surface area contributed by atoms with E-state index in [2.05, 4.69) is 16.7 Å². The van der Waals surface area contributed by atoms with Crippen LogP contribution in [0.2, 0.25) is 0 Å². The highest BCUT2D eigenvalue weighted by atomic mass is 16.2. The molecule has 2 rings (SSSR count). The number of nitrogens with zero attached hydrogens (tertiary/aromatic N) is 2. The van der Waals surface area contributed by atoms with Gasteiger partial charge in [0, 0.05) is 0 Å². The molecule has 7 heteroatoms. The molecule has 1 saturated carbocycles. The van der Waals surface area contributed by atoms with Gasteiger partial charge in [0.2, 0.25) is 5.91 Å². The molecule has 1 spiro atoms. The maximum atomic E-state index is 12.6. The Kier molecular flexibility index (Phi) is 4.64. The van der Waals surface area contributed by atoms with E-state index in [4.69, 9.17) is 0 Å². The number of nitrogens with one attached hydrogen (secondary N) is 2. The van der Waals surface area contributed by atoms with Gasteiger partial charge < -0.3 is 10.6 Å². The van der Waals surface area contributed by atoms with E-state index in [-0.39, 0.29) is 18.4 Å². The number of urea groups is 1. The van der Waals surface area contributed by atoms with Crippen LogP contribution in [0.4, 0.5) is 4.79 Å². The molecule has 126 valence electrons. The molecule has 0 unspecified atom stereocenters. The molecule has 1 atom stereocenters. The van der Waals surface area contributed by atoms with Gasteiger partial charge in [-0.25, -0.2) is 4.79 Å². The molecule has 0 aromatic rings. The second-order valence-corrected chi connectivity index (χ2v) is 6.98. The van der Waals surface area contributed by atoms with E-state index in [1.54, 1.807) is 6.92 Å². The summed E-state index contributed by atoms with van der Waals surface area (Å²) in [4.78, 5) is 37.9. The number of rotatable bonds is 4. The van der Waals surface area contributed by atoms with Crippen molar-refractivity contribution in [3.63, 3.8) is 0 Å². The molecular formula is C16H24N4O3. The summed E-state index contributed by atoms with van der Waals surface area (Å²) >= 11 is 0. The van der Waals surface area contributed by atoms with Gasteiger partial charge in [0.05, 0.1) is 6.07 Å². The van der Waals surface area contributed by atoms with Crippen molar-refractivity contribution in [1.29, 1.82) is 5.26 Å². The van der Waals surface area contributed by atoms with Crippen molar-refractivity contribution in [2.24, 2.45) is 5.92 Å². The standard InChI is InChI=1S/C16H24N4O3/c1-11(2)15(3,10-17)18-12(21)9-20-13(22)16(19-14(20)23)7-5-4-6-8-16/h11H,4-9H2,1-3H3,(H,18,21)(H,19,23)/t15-/m1/s1. The van der Waals surface area contributed by atoms with Crippen LogP contribution >= 0.6 is 0 Å². The van der Waals surface area contributed by atoms with E-state index < -0.39 is 23.0 Å². The summed E-state index contributed by atoms with van der Waals surface area (Å²) in [5.74, 6) is -0.913. The van der Waals surface area contributed by atoms with Crippen molar-refractivity contribution in [2.45, 2.75) is 64.0 Å². The smallest absolute Gasteiger partial charge is 0.325 e. The minimum absolute atomic E-state index is 0.0933. The number of carbonyl (C=O) groups excluding carboxylic acids is 3. The minimum atomic E-state index is -1.03. The molecule has 1 aliphatic carbocycles. The van der Waals surface area contributed by atoms with E-state index in [0.29, 0.717) is 12.8 Å². The van der Waals surface area contributed by atoms with Crippen molar-refractivity contribution >= 4 is 17.8 Å². The minimum Gasteiger partial charge on any atom is -0.336 e. The lowest BCUT2D eigenvalue weighted by molar-refractivity contribution is -0.136. The molecule has 1 saturated heterocycles. The molecule has 23 heavy (non-hydrogen) atoms.